The molecule has 5 nitrogen and oxygen atoms in total. The first-order valence-electron chi connectivity index (χ1n) is 8.49. The smallest absolute Gasteiger partial charge is 0.257 e. The van der Waals surface area contributed by atoms with Gasteiger partial charge in [-0.25, -0.2) is 9.37 Å². The number of carbonyl (C=O) groups excluding carboxylic acids is 1. The molecule has 1 aliphatic heterocycles. The van der Waals surface area contributed by atoms with Crippen LogP contribution < -0.4 is 9.64 Å². The minimum atomic E-state index is -0.308. The van der Waals surface area contributed by atoms with Crippen LogP contribution in [0.5, 0.6) is 5.75 Å². The van der Waals surface area contributed by atoms with E-state index in [1.165, 1.54) is 24.5 Å². The Morgan fingerprint density at radius 1 is 1.22 bits per heavy atom. The molecule has 0 atom stereocenters. The van der Waals surface area contributed by atoms with E-state index in [1.54, 1.807) is 29.2 Å². The molecule has 2 heterocycles. The molecular weight excluding hydrogens is 389 g/mol. The topological polar surface area (TPSA) is 45.7 Å². The molecule has 140 valence electrons. The third-order valence-electron chi connectivity index (χ3n) is 4.59. The third kappa shape index (κ3) is 3.44. The molecule has 3 aromatic rings. The first-order chi connectivity index (χ1) is 13.1. The van der Waals surface area contributed by atoms with Crippen molar-refractivity contribution in [3.63, 3.8) is 0 Å². The van der Waals surface area contributed by atoms with Crippen LogP contribution in [0.1, 0.15) is 10.4 Å². The summed E-state index contributed by atoms with van der Waals surface area (Å²) in [5.74, 6) is 0.0923. The number of piperazine rings is 1. The van der Waals surface area contributed by atoms with Crippen molar-refractivity contribution < 1.29 is 13.9 Å². The second-order valence-electron chi connectivity index (χ2n) is 6.21. The second kappa shape index (κ2) is 7.32. The molecule has 1 aromatic heterocycles. The number of rotatable bonds is 3. The van der Waals surface area contributed by atoms with E-state index in [2.05, 4.69) is 9.88 Å². The van der Waals surface area contributed by atoms with Crippen LogP contribution in [-0.2, 0) is 0 Å². The summed E-state index contributed by atoms with van der Waals surface area (Å²) in [5.41, 5.74) is 0.861. The van der Waals surface area contributed by atoms with Gasteiger partial charge >= 0.3 is 0 Å². The van der Waals surface area contributed by atoms with Crippen LogP contribution in [0.25, 0.3) is 10.2 Å². The fraction of sp³-hybridized carbons (Fsp3) is 0.263. The van der Waals surface area contributed by atoms with Gasteiger partial charge in [0, 0.05) is 31.2 Å². The lowest BCUT2D eigenvalue weighted by atomic mass is 10.1. The molecule has 1 aliphatic rings. The molecule has 1 fully saturated rings. The first kappa shape index (κ1) is 18.0. The summed E-state index contributed by atoms with van der Waals surface area (Å²) in [6.07, 6.45) is 0. The lowest BCUT2D eigenvalue weighted by molar-refractivity contribution is 0.0743. The average molecular weight is 406 g/mol. The van der Waals surface area contributed by atoms with Gasteiger partial charge in [0.1, 0.15) is 17.1 Å². The predicted molar refractivity (Wildman–Crippen MR) is 106 cm³/mol. The third-order valence-corrected chi connectivity index (χ3v) is 5.90. The number of halogens is 2. The van der Waals surface area contributed by atoms with E-state index in [9.17, 15) is 9.18 Å². The number of aromatic nitrogens is 1. The van der Waals surface area contributed by atoms with Gasteiger partial charge in [-0.15, -0.1) is 0 Å². The Morgan fingerprint density at radius 3 is 2.70 bits per heavy atom. The summed E-state index contributed by atoms with van der Waals surface area (Å²) in [6.45, 7) is 2.37. The highest BCUT2D eigenvalue weighted by molar-refractivity contribution is 7.22. The zero-order valence-corrected chi connectivity index (χ0v) is 16.2. The van der Waals surface area contributed by atoms with Crippen molar-refractivity contribution in [3.05, 3.63) is 52.8 Å². The van der Waals surface area contributed by atoms with E-state index >= 15 is 0 Å². The van der Waals surface area contributed by atoms with Crippen molar-refractivity contribution in [2.24, 2.45) is 0 Å². The molecule has 0 spiro atoms. The van der Waals surface area contributed by atoms with Crippen LogP contribution in [0.4, 0.5) is 9.52 Å². The minimum Gasteiger partial charge on any atom is -0.496 e. The molecule has 0 bridgehead atoms. The monoisotopic (exact) mass is 405 g/mol. The van der Waals surface area contributed by atoms with Gasteiger partial charge in [0.05, 0.1) is 17.4 Å². The Labute approximate surface area is 164 Å². The zero-order chi connectivity index (χ0) is 19.0. The average Bonchev–Trinajstić information content (AvgIpc) is 3.13. The molecule has 4 rings (SSSR count). The summed E-state index contributed by atoms with van der Waals surface area (Å²) in [5, 5.41) is 1.27. The molecular formula is C19H17ClFN3O2S. The standard InChI is InChI=1S/C19H17ClFN3O2S/c1-26-15-6-5-12(20)11-13(15)18(25)23-7-9-24(10-8-23)19-22-17-14(21)3-2-4-16(17)27-19/h2-6,11H,7-10H2,1H3. The molecule has 0 aliphatic carbocycles. The number of carbonyl (C=O) groups is 1. The maximum atomic E-state index is 13.9. The van der Waals surface area contributed by atoms with Gasteiger partial charge in [0.2, 0.25) is 0 Å². The van der Waals surface area contributed by atoms with E-state index in [0.29, 0.717) is 48.0 Å². The highest BCUT2D eigenvalue weighted by Gasteiger charge is 2.26. The Hall–Kier alpha value is -2.38. The van der Waals surface area contributed by atoms with Crippen molar-refractivity contribution >= 4 is 44.2 Å². The van der Waals surface area contributed by atoms with Crippen molar-refractivity contribution in [1.82, 2.24) is 9.88 Å². The molecule has 27 heavy (non-hydrogen) atoms. The summed E-state index contributed by atoms with van der Waals surface area (Å²) in [4.78, 5) is 21.2. The van der Waals surface area contributed by atoms with Gasteiger partial charge < -0.3 is 14.5 Å². The fourth-order valence-corrected chi connectivity index (χ4v) is 4.36. The normalized spacial score (nSPS) is 14.6. The molecule has 0 N–H and O–H groups in total. The Bertz CT molecular complexity index is 1000. The van der Waals surface area contributed by atoms with Crippen LogP contribution in [0, 0.1) is 5.82 Å². The molecule has 1 saturated heterocycles. The van der Waals surface area contributed by atoms with Crippen LogP contribution in [0.2, 0.25) is 5.02 Å². The SMILES string of the molecule is COc1ccc(Cl)cc1C(=O)N1CCN(c2nc3c(F)cccc3s2)CC1. The van der Waals surface area contributed by atoms with Crippen LogP contribution in [0.3, 0.4) is 0 Å². The highest BCUT2D eigenvalue weighted by atomic mass is 35.5. The number of para-hydroxylation sites is 1. The van der Waals surface area contributed by atoms with Crippen molar-refractivity contribution in [1.29, 1.82) is 0 Å². The van der Waals surface area contributed by atoms with Gasteiger partial charge in [-0.1, -0.05) is 29.0 Å². The van der Waals surface area contributed by atoms with Gasteiger partial charge in [-0.3, -0.25) is 4.79 Å². The quantitative estimate of drug-likeness (QED) is 0.659. The fourth-order valence-electron chi connectivity index (χ4n) is 3.16. The van der Waals surface area contributed by atoms with Crippen molar-refractivity contribution in [2.45, 2.75) is 0 Å². The van der Waals surface area contributed by atoms with Gasteiger partial charge in [0.25, 0.3) is 5.91 Å². The summed E-state index contributed by atoms with van der Waals surface area (Å²) in [7, 11) is 1.53. The van der Waals surface area contributed by atoms with Gasteiger partial charge in [-0.2, -0.15) is 0 Å². The van der Waals surface area contributed by atoms with E-state index in [1.807, 2.05) is 6.07 Å². The number of nitrogens with zero attached hydrogens (tertiary/aromatic N) is 3. The van der Waals surface area contributed by atoms with Crippen molar-refractivity contribution in [2.75, 3.05) is 38.2 Å². The van der Waals surface area contributed by atoms with Crippen LogP contribution in [0.15, 0.2) is 36.4 Å². The molecule has 8 heteroatoms. The maximum Gasteiger partial charge on any atom is 0.257 e. The van der Waals surface area contributed by atoms with Crippen molar-refractivity contribution in [3.8, 4) is 5.75 Å². The summed E-state index contributed by atoms with van der Waals surface area (Å²) in [6, 6.07) is 9.99. The summed E-state index contributed by atoms with van der Waals surface area (Å²) < 4.78 is 20.0. The Kier molecular flexibility index (Phi) is 4.88. The lowest BCUT2D eigenvalue weighted by Crippen LogP contribution is -2.48. The van der Waals surface area contributed by atoms with E-state index in [0.717, 1.165) is 9.83 Å². The number of ether oxygens (including phenoxy) is 1. The van der Waals surface area contributed by atoms with E-state index < -0.39 is 0 Å². The number of amides is 1. The minimum absolute atomic E-state index is 0.107. The Morgan fingerprint density at radius 2 is 2.00 bits per heavy atom. The number of hydrogen-bond donors (Lipinski definition) is 0. The van der Waals surface area contributed by atoms with Gasteiger partial charge in [0.15, 0.2) is 5.13 Å². The molecule has 0 unspecified atom stereocenters. The first-order valence-corrected chi connectivity index (χ1v) is 9.69. The van der Waals surface area contributed by atoms with E-state index in [-0.39, 0.29) is 11.7 Å². The van der Waals surface area contributed by atoms with E-state index in [4.69, 9.17) is 16.3 Å². The van der Waals surface area contributed by atoms with Crippen LogP contribution in [-0.4, -0.2) is 49.1 Å². The molecule has 0 radical (unpaired) electrons. The Balaban J connectivity index is 1.49. The number of hydrogen-bond acceptors (Lipinski definition) is 5. The number of methoxy groups -OCH3 is 1. The lowest BCUT2D eigenvalue weighted by Gasteiger charge is -2.34. The molecule has 1 amide bonds. The largest absolute Gasteiger partial charge is 0.496 e. The number of anilines is 1. The zero-order valence-electron chi connectivity index (χ0n) is 14.6. The number of fused-ring (bicyclic) bond motifs is 1. The van der Waals surface area contributed by atoms with Crippen LogP contribution >= 0.6 is 22.9 Å². The number of thiazole rings is 1. The highest BCUT2D eigenvalue weighted by Crippen LogP contribution is 2.31. The maximum absolute atomic E-state index is 13.9. The molecule has 0 saturated carbocycles. The summed E-state index contributed by atoms with van der Waals surface area (Å²) >= 11 is 7.51. The second-order valence-corrected chi connectivity index (χ2v) is 7.65. The molecule has 2 aromatic carbocycles. The predicted octanol–water partition coefficient (Wildman–Crippen LogP) is 4.06. The van der Waals surface area contributed by atoms with Gasteiger partial charge in [-0.05, 0) is 30.3 Å². The number of benzene rings is 2.